The fraction of sp³-hybridized carbons (Fsp3) is 0.0556. The number of hydrogen-bond donors (Lipinski definition) is 0. The number of allylic oxidation sites excluding steroid dienone is 2. The third-order valence-corrected chi connectivity index (χ3v) is 12.7. The molecule has 6 heteroatoms. The van der Waals surface area contributed by atoms with E-state index in [4.69, 9.17) is 24.1 Å². The molecule has 6 nitrogen and oxygen atoms in total. The SMILES string of the molecule is CC12C=CC=C(c3nc(-c4ccc5c(oc6ccccc65)c4-n4c5ccccc5c5cc6ccccc6cc54)nc(-c4cccc5ccccc45)n3)C1Oc1ccccc12. The molecule has 0 saturated heterocycles. The number of furan rings is 1. The lowest BCUT2D eigenvalue weighted by Crippen LogP contribution is -2.36. The van der Waals surface area contributed by atoms with Gasteiger partial charge in [-0.2, -0.15) is 0 Å². The number of rotatable bonds is 4. The number of nitrogens with zero attached hydrogens (tertiary/aromatic N) is 4. The van der Waals surface area contributed by atoms with Crippen molar-refractivity contribution in [1.29, 1.82) is 0 Å². The molecule has 0 radical (unpaired) electrons. The van der Waals surface area contributed by atoms with Crippen LogP contribution in [0.4, 0.5) is 0 Å². The molecule has 2 unspecified atom stereocenters. The van der Waals surface area contributed by atoms with Gasteiger partial charge in [0.15, 0.2) is 23.1 Å². The predicted molar refractivity (Wildman–Crippen MR) is 243 cm³/mol. The average molecular weight is 771 g/mol. The molecular weight excluding hydrogens is 737 g/mol. The lowest BCUT2D eigenvalue weighted by Gasteiger charge is -2.31. The van der Waals surface area contributed by atoms with Crippen LogP contribution < -0.4 is 4.74 Å². The van der Waals surface area contributed by atoms with Crippen molar-refractivity contribution in [1.82, 2.24) is 19.5 Å². The van der Waals surface area contributed by atoms with Gasteiger partial charge in [0.1, 0.15) is 23.1 Å². The van der Waals surface area contributed by atoms with Gasteiger partial charge in [0.25, 0.3) is 0 Å². The first-order chi connectivity index (χ1) is 29.6. The van der Waals surface area contributed by atoms with E-state index in [1.807, 2.05) is 18.2 Å². The smallest absolute Gasteiger partial charge is 0.166 e. The molecule has 282 valence electrons. The van der Waals surface area contributed by atoms with Crippen LogP contribution in [0.15, 0.2) is 186 Å². The van der Waals surface area contributed by atoms with Crippen LogP contribution in [0.2, 0.25) is 0 Å². The molecule has 60 heavy (non-hydrogen) atoms. The molecule has 11 aromatic rings. The molecule has 2 atom stereocenters. The molecule has 2 aliphatic rings. The molecule has 13 rings (SSSR count). The van der Waals surface area contributed by atoms with Crippen LogP contribution in [0.3, 0.4) is 0 Å². The third kappa shape index (κ3) is 4.67. The molecule has 0 bridgehead atoms. The molecule has 4 heterocycles. The summed E-state index contributed by atoms with van der Waals surface area (Å²) >= 11 is 0. The topological polar surface area (TPSA) is 66.0 Å². The highest BCUT2D eigenvalue weighted by atomic mass is 16.5. The van der Waals surface area contributed by atoms with E-state index in [-0.39, 0.29) is 6.10 Å². The normalized spacial score (nSPS) is 17.1. The van der Waals surface area contributed by atoms with Crippen LogP contribution in [0.25, 0.3) is 99.3 Å². The Bertz CT molecular complexity index is 3680. The molecule has 1 aliphatic carbocycles. The third-order valence-electron chi connectivity index (χ3n) is 12.7. The Hall–Kier alpha value is -7.83. The van der Waals surface area contributed by atoms with Crippen LogP contribution in [-0.2, 0) is 5.41 Å². The Balaban J connectivity index is 1.14. The second kappa shape index (κ2) is 12.3. The molecule has 0 saturated carbocycles. The first-order valence-corrected chi connectivity index (χ1v) is 20.4. The molecule has 0 spiro atoms. The van der Waals surface area contributed by atoms with E-state index in [9.17, 15) is 0 Å². The van der Waals surface area contributed by atoms with Crippen LogP contribution in [0.5, 0.6) is 5.75 Å². The maximum atomic E-state index is 6.95. The highest BCUT2D eigenvalue weighted by Gasteiger charge is 2.47. The van der Waals surface area contributed by atoms with Gasteiger partial charge in [0.2, 0.25) is 0 Å². The van der Waals surface area contributed by atoms with Crippen molar-refractivity contribution in [3.8, 4) is 34.2 Å². The highest BCUT2D eigenvalue weighted by molar-refractivity contribution is 6.16. The molecular formula is C54H34N4O2. The Labute approximate surface area is 344 Å². The van der Waals surface area contributed by atoms with Crippen LogP contribution in [-0.4, -0.2) is 25.6 Å². The van der Waals surface area contributed by atoms with Crippen LogP contribution in [0, 0.1) is 0 Å². The number of benzene rings is 8. The minimum Gasteiger partial charge on any atom is -0.484 e. The molecule has 0 fully saturated rings. The highest BCUT2D eigenvalue weighted by Crippen LogP contribution is 2.50. The number of aromatic nitrogens is 4. The second-order valence-corrected chi connectivity index (χ2v) is 16.1. The fourth-order valence-electron chi connectivity index (χ4n) is 9.84. The van der Waals surface area contributed by atoms with Crippen molar-refractivity contribution in [3.63, 3.8) is 0 Å². The quantitative estimate of drug-likeness (QED) is 0.178. The van der Waals surface area contributed by atoms with Gasteiger partial charge in [-0.15, -0.1) is 0 Å². The first-order valence-electron chi connectivity index (χ1n) is 20.4. The maximum Gasteiger partial charge on any atom is 0.166 e. The zero-order valence-electron chi connectivity index (χ0n) is 32.5. The number of para-hydroxylation sites is 3. The van der Waals surface area contributed by atoms with Gasteiger partial charge in [-0.25, -0.2) is 15.0 Å². The Morgan fingerprint density at radius 3 is 2.10 bits per heavy atom. The predicted octanol–water partition coefficient (Wildman–Crippen LogP) is 13.2. The van der Waals surface area contributed by atoms with E-state index in [1.54, 1.807) is 0 Å². The van der Waals surface area contributed by atoms with Crippen molar-refractivity contribution in [3.05, 3.63) is 193 Å². The van der Waals surface area contributed by atoms with Gasteiger partial charge in [0.05, 0.1) is 16.4 Å². The summed E-state index contributed by atoms with van der Waals surface area (Å²) in [7, 11) is 0. The summed E-state index contributed by atoms with van der Waals surface area (Å²) in [4.78, 5) is 16.3. The van der Waals surface area contributed by atoms with Gasteiger partial charge in [-0.3, -0.25) is 0 Å². The summed E-state index contributed by atoms with van der Waals surface area (Å²) in [5, 5.41) is 8.91. The Morgan fingerprint density at radius 2 is 1.22 bits per heavy atom. The van der Waals surface area contributed by atoms with Crippen molar-refractivity contribution in [2.24, 2.45) is 0 Å². The van der Waals surface area contributed by atoms with Crippen LogP contribution >= 0.6 is 0 Å². The van der Waals surface area contributed by atoms with E-state index >= 15 is 0 Å². The van der Waals surface area contributed by atoms with Gasteiger partial charge < -0.3 is 13.7 Å². The monoisotopic (exact) mass is 770 g/mol. The van der Waals surface area contributed by atoms with E-state index in [1.165, 1.54) is 5.39 Å². The summed E-state index contributed by atoms with van der Waals surface area (Å²) in [5.74, 6) is 2.57. The minimum atomic E-state index is -0.406. The summed E-state index contributed by atoms with van der Waals surface area (Å²) in [5.41, 5.74) is 7.99. The maximum absolute atomic E-state index is 6.95. The van der Waals surface area contributed by atoms with Crippen molar-refractivity contribution >= 4 is 70.9 Å². The second-order valence-electron chi connectivity index (χ2n) is 16.1. The van der Waals surface area contributed by atoms with Gasteiger partial charge in [-0.05, 0) is 70.9 Å². The van der Waals surface area contributed by atoms with Crippen molar-refractivity contribution < 1.29 is 9.15 Å². The summed E-state index contributed by atoms with van der Waals surface area (Å²) in [6.45, 7) is 2.24. The zero-order valence-corrected chi connectivity index (χ0v) is 32.5. The molecule has 1 aliphatic heterocycles. The van der Waals surface area contributed by atoms with Gasteiger partial charge in [-0.1, -0.05) is 140 Å². The number of hydrogen-bond acceptors (Lipinski definition) is 5. The fourth-order valence-corrected chi connectivity index (χ4v) is 9.84. The van der Waals surface area contributed by atoms with E-state index < -0.39 is 5.41 Å². The standard InChI is InChI=1S/C54H34N4O2/c1-54-29-13-22-41(50(54)60-47-26-11-8-23-43(47)54)53-56-51(39-21-12-17-32-14-4-5-18-35(32)39)55-52(57-53)40-28-27-38-37-20-7-10-25-46(37)59-49(38)48(40)58-44-24-9-6-19-36(44)42-30-33-15-2-3-16-34(33)31-45(42)58/h2-31,50H,1H3. The van der Waals surface area contributed by atoms with Crippen molar-refractivity contribution in [2.75, 3.05) is 0 Å². The van der Waals surface area contributed by atoms with E-state index in [2.05, 4.69) is 175 Å². The summed E-state index contributed by atoms with van der Waals surface area (Å²) in [6.07, 6.45) is 6.12. The Morgan fingerprint density at radius 1 is 0.533 bits per heavy atom. The zero-order chi connectivity index (χ0) is 39.5. The minimum absolute atomic E-state index is 0.335. The first kappa shape index (κ1) is 33.2. The molecule has 0 amide bonds. The lowest BCUT2D eigenvalue weighted by molar-refractivity contribution is 0.237. The van der Waals surface area contributed by atoms with Gasteiger partial charge >= 0.3 is 0 Å². The number of ether oxygens (including phenoxy) is 1. The van der Waals surface area contributed by atoms with Crippen molar-refractivity contribution in [2.45, 2.75) is 18.4 Å². The molecule has 0 N–H and O–H groups in total. The summed E-state index contributed by atoms with van der Waals surface area (Å²) < 4.78 is 16.1. The van der Waals surface area contributed by atoms with Gasteiger partial charge in [0, 0.05) is 43.8 Å². The van der Waals surface area contributed by atoms with E-state index in [0.29, 0.717) is 17.5 Å². The van der Waals surface area contributed by atoms with Crippen LogP contribution in [0.1, 0.15) is 18.3 Å². The average Bonchev–Trinajstić information content (AvgIpc) is 3.94. The largest absolute Gasteiger partial charge is 0.484 e. The lowest BCUT2D eigenvalue weighted by atomic mass is 9.73. The molecule has 3 aromatic heterocycles. The molecule has 8 aromatic carbocycles. The summed E-state index contributed by atoms with van der Waals surface area (Å²) in [6, 6.07) is 57.4. The number of fused-ring (bicyclic) bond motifs is 11. The van der Waals surface area contributed by atoms with E-state index in [0.717, 1.165) is 93.6 Å². The Kier molecular flexibility index (Phi) is 6.82.